The van der Waals surface area contributed by atoms with Gasteiger partial charge in [-0.05, 0) is 46.0 Å². The summed E-state index contributed by atoms with van der Waals surface area (Å²) in [5, 5.41) is 0. The summed E-state index contributed by atoms with van der Waals surface area (Å²) in [6, 6.07) is 0. The summed E-state index contributed by atoms with van der Waals surface area (Å²) >= 11 is 0. The molecular weight excluding hydrogens is 156 g/mol. The van der Waals surface area contributed by atoms with Crippen molar-refractivity contribution in [3.8, 4) is 0 Å². The predicted octanol–water partition coefficient (Wildman–Crippen LogP) is 4.54. The highest BCUT2D eigenvalue weighted by Gasteiger charge is 1.95. The summed E-state index contributed by atoms with van der Waals surface area (Å²) in [5.74, 6) is 0.778. The first-order valence-electron chi connectivity index (χ1n) is 5.16. The summed E-state index contributed by atoms with van der Waals surface area (Å²) in [7, 11) is 0. The molecule has 0 atom stereocenters. The summed E-state index contributed by atoms with van der Waals surface area (Å²) in [6.07, 6.45) is 7.85. The van der Waals surface area contributed by atoms with E-state index in [-0.39, 0.29) is 0 Å². The predicted molar refractivity (Wildman–Crippen MR) is 61.6 cm³/mol. The van der Waals surface area contributed by atoms with Crippen LogP contribution in [-0.4, -0.2) is 0 Å². The zero-order valence-electron chi connectivity index (χ0n) is 9.56. The van der Waals surface area contributed by atoms with Gasteiger partial charge in [-0.3, -0.25) is 0 Å². The molecular formula is C13H23. The van der Waals surface area contributed by atoms with Crippen molar-refractivity contribution in [2.45, 2.75) is 47.0 Å². The molecule has 0 aliphatic heterocycles. The summed E-state index contributed by atoms with van der Waals surface area (Å²) in [4.78, 5) is 0. The molecule has 1 radical (unpaired) electrons. The molecule has 0 saturated heterocycles. The maximum atomic E-state index is 3.75. The Bertz CT molecular complexity index is 182. The average Bonchev–Trinajstić information content (AvgIpc) is 2.02. The molecule has 75 valence electrons. The highest BCUT2D eigenvalue weighted by molar-refractivity contribution is 5.04. The van der Waals surface area contributed by atoms with Crippen molar-refractivity contribution in [2.75, 3.05) is 0 Å². The normalized spacial score (nSPS) is 14.0. The Labute approximate surface area is 83.7 Å². The minimum absolute atomic E-state index is 0.778. The number of allylic oxidation sites excluding steroid dienone is 4. The molecule has 0 heterocycles. The highest BCUT2D eigenvalue weighted by Crippen LogP contribution is 2.12. The van der Waals surface area contributed by atoms with E-state index >= 15 is 0 Å². The minimum atomic E-state index is 0.778. The van der Waals surface area contributed by atoms with E-state index in [1.165, 1.54) is 17.6 Å². The molecule has 13 heavy (non-hydrogen) atoms. The molecule has 0 spiro atoms. The fourth-order valence-electron chi connectivity index (χ4n) is 1.38. The maximum Gasteiger partial charge on any atom is -0.0288 e. The summed E-state index contributed by atoms with van der Waals surface area (Å²) in [5.41, 5.74) is 2.90. The molecule has 0 aromatic carbocycles. The quantitative estimate of drug-likeness (QED) is 0.543. The van der Waals surface area contributed by atoms with Crippen molar-refractivity contribution in [3.05, 3.63) is 30.2 Å². The second-order valence-corrected chi connectivity index (χ2v) is 4.24. The Kier molecular flexibility index (Phi) is 6.66. The van der Waals surface area contributed by atoms with Gasteiger partial charge in [0.05, 0.1) is 0 Å². The maximum absolute atomic E-state index is 3.75. The van der Waals surface area contributed by atoms with Crippen LogP contribution >= 0.6 is 0 Å². The van der Waals surface area contributed by atoms with E-state index in [2.05, 4.69) is 40.7 Å². The highest BCUT2D eigenvalue weighted by atomic mass is 14.0. The molecule has 0 aromatic rings. The zero-order chi connectivity index (χ0) is 10.3. The van der Waals surface area contributed by atoms with Gasteiger partial charge in [0, 0.05) is 0 Å². The molecule has 0 nitrogen and oxygen atoms in total. The van der Waals surface area contributed by atoms with Crippen molar-refractivity contribution in [1.29, 1.82) is 0 Å². The van der Waals surface area contributed by atoms with Crippen LogP contribution in [0.1, 0.15) is 47.0 Å². The van der Waals surface area contributed by atoms with E-state index in [1.54, 1.807) is 0 Å². The van der Waals surface area contributed by atoms with E-state index in [0.29, 0.717) is 0 Å². The fourth-order valence-corrected chi connectivity index (χ4v) is 1.38. The third-order valence-electron chi connectivity index (χ3n) is 2.11. The SMILES string of the molecule is [CH2]C=C(C)CCC=C(C)CC(C)C. The van der Waals surface area contributed by atoms with E-state index in [0.717, 1.165) is 18.8 Å². The second-order valence-electron chi connectivity index (χ2n) is 4.24. The molecule has 0 aliphatic rings. The molecule has 0 amide bonds. The third kappa shape index (κ3) is 7.83. The third-order valence-corrected chi connectivity index (χ3v) is 2.11. The molecule has 0 fully saturated rings. The smallest absolute Gasteiger partial charge is 0.0288 e. The number of hydrogen-bond donors (Lipinski definition) is 0. The lowest BCUT2D eigenvalue weighted by Gasteiger charge is -2.04. The van der Waals surface area contributed by atoms with Gasteiger partial charge < -0.3 is 0 Å². The Morgan fingerprint density at radius 2 is 1.85 bits per heavy atom. The van der Waals surface area contributed by atoms with Crippen LogP contribution in [0.3, 0.4) is 0 Å². The lowest BCUT2D eigenvalue weighted by atomic mass is 10.0. The van der Waals surface area contributed by atoms with Gasteiger partial charge in [-0.1, -0.05) is 37.1 Å². The number of hydrogen-bond acceptors (Lipinski definition) is 0. The van der Waals surface area contributed by atoms with Crippen molar-refractivity contribution in [3.63, 3.8) is 0 Å². The Morgan fingerprint density at radius 1 is 1.23 bits per heavy atom. The number of rotatable bonds is 5. The van der Waals surface area contributed by atoms with Gasteiger partial charge in [-0.25, -0.2) is 0 Å². The first-order valence-corrected chi connectivity index (χ1v) is 5.16. The van der Waals surface area contributed by atoms with Crippen LogP contribution in [0.4, 0.5) is 0 Å². The van der Waals surface area contributed by atoms with E-state index in [1.807, 2.05) is 6.08 Å². The van der Waals surface area contributed by atoms with E-state index in [4.69, 9.17) is 0 Å². The standard InChI is InChI=1S/C13H23/c1-6-12(4)8-7-9-13(5)10-11(2)3/h6,9,11H,1,7-8,10H2,2-5H3. The molecule has 0 rings (SSSR count). The van der Waals surface area contributed by atoms with Gasteiger partial charge >= 0.3 is 0 Å². The minimum Gasteiger partial charge on any atom is -0.0853 e. The van der Waals surface area contributed by atoms with Gasteiger partial charge in [0.2, 0.25) is 0 Å². The van der Waals surface area contributed by atoms with Crippen LogP contribution in [0.2, 0.25) is 0 Å². The fraction of sp³-hybridized carbons (Fsp3) is 0.615. The zero-order valence-corrected chi connectivity index (χ0v) is 9.56. The molecule has 0 aliphatic carbocycles. The van der Waals surface area contributed by atoms with Crippen molar-refractivity contribution >= 4 is 0 Å². The van der Waals surface area contributed by atoms with Crippen LogP contribution in [0, 0.1) is 12.8 Å². The first-order chi connectivity index (χ1) is 6.06. The van der Waals surface area contributed by atoms with E-state index < -0.39 is 0 Å². The first kappa shape index (κ1) is 12.5. The van der Waals surface area contributed by atoms with Crippen LogP contribution in [0.25, 0.3) is 0 Å². The van der Waals surface area contributed by atoms with Crippen LogP contribution in [0.15, 0.2) is 23.3 Å². The van der Waals surface area contributed by atoms with Crippen LogP contribution < -0.4 is 0 Å². The van der Waals surface area contributed by atoms with Gasteiger partial charge in [0.25, 0.3) is 0 Å². The Morgan fingerprint density at radius 3 is 2.31 bits per heavy atom. The summed E-state index contributed by atoms with van der Waals surface area (Å²) in [6.45, 7) is 12.6. The van der Waals surface area contributed by atoms with Gasteiger partial charge in [-0.2, -0.15) is 0 Å². The average molecular weight is 179 g/mol. The summed E-state index contributed by atoms with van der Waals surface area (Å²) < 4.78 is 0. The molecule has 0 bridgehead atoms. The van der Waals surface area contributed by atoms with Crippen molar-refractivity contribution in [1.82, 2.24) is 0 Å². The molecule has 0 aromatic heterocycles. The Balaban J connectivity index is 3.71. The second kappa shape index (κ2) is 6.94. The molecule has 0 heteroatoms. The lowest BCUT2D eigenvalue weighted by molar-refractivity contribution is 0.640. The van der Waals surface area contributed by atoms with Gasteiger partial charge in [0.15, 0.2) is 0 Å². The van der Waals surface area contributed by atoms with Gasteiger partial charge in [-0.15, -0.1) is 0 Å². The van der Waals surface area contributed by atoms with Crippen LogP contribution in [-0.2, 0) is 0 Å². The van der Waals surface area contributed by atoms with Crippen molar-refractivity contribution in [2.24, 2.45) is 5.92 Å². The Hall–Kier alpha value is -0.520. The van der Waals surface area contributed by atoms with Crippen LogP contribution in [0.5, 0.6) is 0 Å². The van der Waals surface area contributed by atoms with E-state index in [9.17, 15) is 0 Å². The largest absolute Gasteiger partial charge is 0.0853 e. The van der Waals surface area contributed by atoms with Crippen molar-refractivity contribution < 1.29 is 0 Å². The lowest BCUT2D eigenvalue weighted by Crippen LogP contribution is -1.88. The van der Waals surface area contributed by atoms with Gasteiger partial charge in [0.1, 0.15) is 0 Å². The molecule has 0 saturated carbocycles. The monoisotopic (exact) mass is 179 g/mol. The molecule has 0 N–H and O–H groups in total. The molecule has 0 unspecified atom stereocenters. The topological polar surface area (TPSA) is 0 Å².